The smallest absolute Gasteiger partial charge is 0.330 e. The van der Waals surface area contributed by atoms with Gasteiger partial charge in [0.25, 0.3) is 0 Å². The molecule has 1 aliphatic heterocycles. The quantitative estimate of drug-likeness (QED) is 0.506. The SMILES string of the molecule is CCOC(=O)C=C1COC(OCC)C1. The lowest BCUT2D eigenvalue weighted by molar-refractivity contribution is -0.137. The second-order valence-electron chi connectivity index (χ2n) is 2.95. The number of ether oxygens (including phenoxy) is 3. The summed E-state index contributed by atoms with van der Waals surface area (Å²) in [5.74, 6) is -0.303. The maximum atomic E-state index is 11.1. The minimum absolute atomic E-state index is 0.194. The standard InChI is InChI=1S/C10H16O4/c1-3-12-9(11)5-8-6-10(13-4-2)14-7-8/h5,10H,3-4,6-7H2,1-2H3. The van der Waals surface area contributed by atoms with Crippen LogP contribution >= 0.6 is 0 Å². The van der Waals surface area contributed by atoms with Crippen LogP contribution in [0.4, 0.5) is 0 Å². The van der Waals surface area contributed by atoms with Crippen LogP contribution in [0.15, 0.2) is 11.6 Å². The van der Waals surface area contributed by atoms with Gasteiger partial charge in [-0.25, -0.2) is 4.79 Å². The second kappa shape index (κ2) is 5.78. The van der Waals surface area contributed by atoms with Gasteiger partial charge in [0.2, 0.25) is 0 Å². The zero-order valence-electron chi connectivity index (χ0n) is 8.62. The van der Waals surface area contributed by atoms with E-state index in [0.717, 1.165) is 5.57 Å². The first-order chi connectivity index (χ1) is 6.76. The third kappa shape index (κ3) is 3.47. The molecule has 1 saturated heterocycles. The van der Waals surface area contributed by atoms with Crippen molar-refractivity contribution >= 4 is 5.97 Å². The summed E-state index contributed by atoms with van der Waals surface area (Å²) in [5, 5.41) is 0. The first-order valence-electron chi connectivity index (χ1n) is 4.85. The zero-order chi connectivity index (χ0) is 10.4. The Morgan fingerprint density at radius 3 is 3.00 bits per heavy atom. The van der Waals surface area contributed by atoms with Crippen molar-refractivity contribution in [3.63, 3.8) is 0 Å². The highest BCUT2D eigenvalue weighted by atomic mass is 16.7. The van der Waals surface area contributed by atoms with Gasteiger partial charge >= 0.3 is 5.97 Å². The topological polar surface area (TPSA) is 44.8 Å². The minimum Gasteiger partial charge on any atom is -0.463 e. The number of hydrogen-bond acceptors (Lipinski definition) is 4. The number of carbonyl (C=O) groups is 1. The average molecular weight is 200 g/mol. The fraction of sp³-hybridized carbons (Fsp3) is 0.700. The van der Waals surface area contributed by atoms with Gasteiger partial charge in [-0.3, -0.25) is 0 Å². The second-order valence-corrected chi connectivity index (χ2v) is 2.95. The van der Waals surface area contributed by atoms with Gasteiger partial charge < -0.3 is 14.2 Å². The van der Waals surface area contributed by atoms with Gasteiger partial charge in [-0.2, -0.15) is 0 Å². The van der Waals surface area contributed by atoms with E-state index in [-0.39, 0.29) is 12.3 Å². The fourth-order valence-electron chi connectivity index (χ4n) is 1.28. The highest BCUT2D eigenvalue weighted by molar-refractivity contribution is 5.82. The minimum atomic E-state index is -0.303. The van der Waals surface area contributed by atoms with Crippen LogP contribution in [0, 0.1) is 0 Å². The summed E-state index contributed by atoms with van der Waals surface area (Å²) in [6.07, 6.45) is 1.95. The van der Waals surface area contributed by atoms with Crippen molar-refractivity contribution in [1.29, 1.82) is 0 Å². The number of carbonyl (C=O) groups excluding carboxylic acids is 1. The van der Waals surface area contributed by atoms with Gasteiger partial charge in [0, 0.05) is 19.1 Å². The molecule has 1 unspecified atom stereocenters. The highest BCUT2D eigenvalue weighted by Crippen LogP contribution is 2.19. The molecule has 0 aromatic heterocycles. The average Bonchev–Trinajstić information content (AvgIpc) is 2.53. The third-order valence-corrected chi connectivity index (χ3v) is 1.84. The maximum Gasteiger partial charge on any atom is 0.330 e. The van der Waals surface area contributed by atoms with Crippen LogP contribution in [0.25, 0.3) is 0 Å². The Labute approximate surface area is 83.8 Å². The molecule has 0 aliphatic carbocycles. The normalized spacial score (nSPS) is 24.1. The van der Waals surface area contributed by atoms with Crippen molar-refractivity contribution in [1.82, 2.24) is 0 Å². The summed E-state index contributed by atoms with van der Waals surface area (Å²) in [4.78, 5) is 11.1. The molecule has 0 radical (unpaired) electrons. The summed E-state index contributed by atoms with van der Waals surface area (Å²) in [6.45, 7) is 5.18. The zero-order valence-corrected chi connectivity index (χ0v) is 8.62. The van der Waals surface area contributed by atoms with Gasteiger partial charge in [-0.1, -0.05) is 0 Å². The molecule has 14 heavy (non-hydrogen) atoms. The van der Waals surface area contributed by atoms with E-state index in [0.29, 0.717) is 26.2 Å². The van der Waals surface area contributed by atoms with E-state index < -0.39 is 0 Å². The van der Waals surface area contributed by atoms with Gasteiger partial charge in [0.15, 0.2) is 6.29 Å². The molecular formula is C10H16O4. The van der Waals surface area contributed by atoms with E-state index in [1.807, 2.05) is 6.92 Å². The van der Waals surface area contributed by atoms with Gasteiger partial charge in [-0.05, 0) is 19.4 Å². The molecule has 4 heteroatoms. The van der Waals surface area contributed by atoms with Crippen molar-refractivity contribution in [2.24, 2.45) is 0 Å². The van der Waals surface area contributed by atoms with Gasteiger partial charge in [0.1, 0.15) is 0 Å². The lowest BCUT2D eigenvalue weighted by atomic mass is 10.2. The van der Waals surface area contributed by atoms with Crippen LogP contribution in [0.3, 0.4) is 0 Å². The van der Waals surface area contributed by atoms with E-state index in [1.165, 1.54) is 6.08 Å². The molecule has 0 aromatic rings. The van der Waals surface area contributed by atoms with Crippen molar-refractivity contribution in [3.05, 3.63) is 11.6 Å². The predicted molar refractivity (Wildman–Crippen MR) is 50.7 cm³/mol. The molecule has 0 aromatic carbocycles. The van der Waals surface area contributed by atoms with Crippen molar-refractivity contribution in [3.8, 4) is 0 Å². The summed E-state index contributed by atoms with van der Waals surface area (Å²) in [5.41, 5.74) is 0.932. The fourth-order valence-corrected chi connectivity index (χ4v) is 1.28. The van der Waals surface area contributed by atoms with Gasteiger partial charge in [-0.15, -0.1) is 0 Å². The monoisotopic (exact) mass is 200 g/mol. The van der Waals surface area contributed by atoms with Crippen LogP contribution < -0.4 is 0 Å². The molecule has 80 valence electrons. The Hall–Kier alpha value is -0.870. The molecule has 1 rings (SSSR count). The molecule has 0 bridgehead atoms. The maximum absolute atomic E-state index is 11.1. The molecule has 0 amide bonds. The van der Waals surface area contributed by atoms with Crippen LogP contribution in [-0.4, -0.2) is 32.1 Å². The van der Waals surface area contributed by atoms with Crippen LogP contribution in [0.5, 0.6) is 0 Å². The van der Waals surface area contributed by atoms with Crippen molar-refractivity contribution in [2.45, 2.75) is 26.6 Å². The largest absolute Gasteiger partial charge is 0.463 e. The first kappa shape index (κ1) is 11.2. The molecule has 0 spiro atoms. The van der Waals surface area contributed by atoms with Crippen LogP contribution in [0.1, 0.15) is 20.3 Å². The van der Waals surface area contributed by atoms with E-state index >= 15 is 0 Å². The molecule has 1 atom stereocenters. The third-order valence-electron chi connectivity index (χ3n) is 1.84. The molecule has 0 saturated carbocycles. The van der Waals surface area contributed by atoms with E-state index in [4.69, 9.17) is 14.2 Å². The van der Waals surface area contributed by atoms with Crippen LogP contribution in [-0.2, 0) is 19.0 Å². The van der Waals surface area contributed by atoms with E-state index in [1.54, 1.807) is 6.92 Å². The Bertz CT molecular complexity index is 222. The molecule has 1 heterocycles. The van der Waals surface area contributed by atoms with Crippen molar-refractivity contribution in [2.75, 3.05) is 19.8 Å². The number of esters is 1. The van der Waals surface area contributed by atoms with Crippen LogP contribution in [0.2, 0.25) is 0 Å². The highest BCUT2D eigenvalue weighted by Gasteiger charge is 2.20. The van der Waals surface area contributed by atoms with Gasteiger partial charge in [0.05, 0.1) is 13.2 Å². The van der Waals surface area contributed by atoms with E-state index in [2.05, 4.69) is 0 Å². The van der Waals surface area contributed by atoms with E-state index in [9.17, 15) is 4.79 Å². The lowest BCUT2D eigenvalue weighted by Gasteiger charge is -2.06. The Balaban J connectivity index is 2.36. The predicted octanol–water partition coefficient (Wildman–Crippen LogP) is 1.26. The summed E-state index contributed by atoms with van der Waals surface area (Å²) < 4.78 is 15.3. The molecule has 0 N–H and O–H groups in total. The first-order valence-corrected chi connectivity index (χ1v) is 4.85. The molecule has 4 nitrogen and oxygen atoms in total. The Kier molecular flexibility index (Phi) is 4.62. The Morgan fingerprint density at radius 2 is 2.36 bits per heavy atom. The molecule has 1 fully saturated rings. The summed E-state index contributed by atoms with van der Waals surface area (Å²) in [7, 11) is 0. The van der Waals surface area contributed by atoms with Crippen molar-refractivity contribution < 1.29 is 19.0 Å². The Morgan fingerprint density at radius 1 is 1.57 bits per heavy atom. The molecule has 1 aliphatic rings. The number of hydrogen-bond donors (Lipinski definition) is 0. The molecular weight excluding hydrogens is 184 g/mol. The number of rotatable bonds is 4. The lowest BCUT2D eigenvalue weighted by Crippen LogP contribution is -2.09. The summed E-state index contributed by atoms with van der Waals surface area (Å²) >= 11 is 0. The summed E-state index contributed by atoms with van der Waals surface area (Å²) in [6, 6.07) is 0.